The highest BCUT2D eigenvalue weighted by Crippen LogP contribution is 2.13. The lowest BCUT2D eigenvalue weighted by Crippen LogP contribution is -2.18. The van der Waals surface area contributed by atoms with Crippen LogP contribution in [-0.4, -0.2) is 30.8 Å². The molecule has 94 valence electrons. The number of rotatable bonds is 8. The van der Waals surface area contributed by atoms with Gasteiger partial charge in [0.25, 0.3) is 0 Å². The summed E-state index contributed by atoms with van der Waals surface area (Å²) < 4.78 is 5.47. The van der Waals surface area contributed by atoms with Gasteiger partial charge in [0.05, 0.1) is 12.2 Å². The molecule has 0 saturated heterocycles. The number of hydrogen-bond acceptors (Lipinski definition) is 3. The molecule has 0 aliphatic carbocycles. The number of aromatic carboxylic acids is 1. The Labute approximate surface area is 102 Å². The van der Waals surface area contributed by atoms with Gasteiger partial charge >= 0.3 is 5.97 Å². The average molecular weight is 237 g/mol. The van der Waals surface area contributed by atoms with Crippen LogP contribution in [0.4, 0.5) is 0 Å². The SMILES string of the molecule is CCCNCCCOc1cccc(C(=O)O)c1. The quantitative estimate of drug-likeness (QED) is 0.680. The number of carboxylic acid groups (broad SMARTS) is 1. The first-order valence-electron chi connectivity index (χ1n) is 5.91. The third-order valence-corrected chi connectivity index (χ3v) is 2.27. The Bertz CT molecular complexity index is 352. The molecule has 0 fully saturated rings. The van der Waals surface area contributed by atoms with E-state index in [1.54, 1.807) is 24.3 Å². The van der Waals surface area contributed by atoms with E-state index in [2.05, 4.69) is 12.2 Å². The Kier molecular flexibility index (Phi) is 6.10. The van der Waals surface area contributed by atoms with Gasteiger partial charge in [0, 0.05) is 0 Å². The number of nitrogens with one attached hydrogen (secondary N) is 1. The summed E-state index contributed by atoms with van der Waals surface area (Å²) in [5.74, 6) is -0.319. The highest BCUT2D eigenvalue weighted by Gasteiger charge is 2.03. The maximum atomic E-state index is 10.7. The molecule has 17 heavy (non-hydrogen) atoms. The van der Waals surface area contributed by atoms with Gasteiger partial charge < -0.3 is 15.2 Å². The number of hydrogen-bond donors (Lipinski definition) is 2. The van der Waals surface area contributed by atoms with Crippen molar-refractivity contribution in [2.45, 2.75) is 19.8 Å². The molecule has 0 bridgehead atoms. The van der Waals surface area contributed by atoms with E-state index in [-0.39, 0.29) is 5.56 Å². The van der Waals surface area contributed by atoms with Crippen molar-refractivity contribution in [2.24, 2.45) is 0 Å². The van der Waals surface area contributed by atoms with Gasteiger partial charge in [0.15, 0.2) is 0 Å². The van der Waals surface area contributed by atoms with Crippen molar-refractivity contribution in [1.82, 2.24) is 5.32 Å². The molecule has 0 radical (unpaired) electrons. The Morgan fingerprint density at radius 2 is 2.24 bits per heavy atom. The average Bonchev–Trinajstić information content (AvgIpc) is 2.34. The van der Waals surface area contributed by atoms with E-state index in [9.17, 15) is 4.79 Å². The lowest BCUT2D eigenvalue weighted by molar-refractivity contribution is 0.0696. The number of carboxylic acids is 1. The summed E-state index contributed by atoms with van der Waals surface area (Å²) in [6, 6.07) is 6.56. The lowest BCUT2D eigenvalue weighted by Gasteiger charge is -2.07. The van der Waals surface area contributed by atoms with Gasteiger partial charge in [-0.2, -0.15) is 0 Å². The van der Waals surface area contributed by atoms with Gasteiger partial charge in [-0.3, -0.25) is 0 Å². The van der Waals surface area contributed by atoms with Gasteiger partial charge in [0.2, 0.25) is 0 Å². The van der Waals surface area contributed by atoms with Crippen LogP contribution in [0.3, 0.4) is 0 Å². The molecule has 1 rings (SSSR count). The maximum Gasteiger partial charge on any atom is 0.335 e. The van der Waals surface area contributed by atoms with Crippen LogP contribution in [0.15, 0.2) is 24.3 Å². The van der Waals surface area contributed by atoms with Crippen LogP contribution in [0, 0.1) is 0 Å². The van der Waals surface area contributed by atoms with Crippen LogP contribution >= 0.6 is 0 Å². The van der Waals surface area contributed by atoms with Crippen molar-refractivity contribution < 1.29 is 14.6 Å². The predicted molar refractivity (Wildman–Crippen MR) is 66.7 cm³/mol. The molecule has 0 aliphatic heterocycles. The molecular formula is C13H19NO3. The molecule has 0 heterocycles. The van der Waals surface area contributed by atoms with Gasteiger partial charge in [-0.15, -0.1) is 0 Å². The van der Waals surface area contributed by atoms with E-state index in [1.165, 1.54) is 0 Å². The van der Waals surface area contributed by atoms with Crippen molar-refractivity contribution >= 4 is 5.97 Å². The summed E-state index contributed by atoms with van der Waals surface area (Å²) in [5, 5.41) is 12.1. The van der Waals surface area contributed by atoms with Crippen LogP contribution in [0.1, 0.15) is 30.1 Å². The fourth-order valence-electron chi connectivity index (χ4n) is 1.41. The molecule has 0 amide bonds. The second-order valence-electron chi connectivity index (χ2n) is 3.78. The van der Waals surface area contributed by atoms with Crippen LogP contribution in [0.5, 0.6) is 5.75 Å². The first kappa shape index (κ1) is 13.5. The molecule has 1 aromatic rings. The third-order valence-electron chi connectivity index (χ3n) is 2.27. The Morgan fingerprint density at radius 3 is 2.94 bits per heavy atom. The van der Waals surface area contributed by atoms with Crippen molar-refractivity contribution in [3.05, 3.63) is 29.8 Å². The third kappa shape index (κ3) is 5.36. The highest BCUT2D eigenvalue weighted by molar-refractivity contribution is 5.87. The van der Waals surface area contributed by atoms with Gasteiger partial charge in [-0.1, -0.05) is 13.0 Å². The predicted octanol–water partition coefficient (Wildman–Crippen LogP) is 2.15. The van der Waals surface area contributed by atoms with E-state index in [4.69, 9.17) is 9.84 Å². The summed E-state index contributed by atoms with van der Waals surface area (Å²) >= 11 is 0. The normalized spacial score (nSPS) is 10.2. The zero-order valence-corrected chi connectivity index (χ0v) is 10.1. The van der Waals surface area contributed by atoms with Crippen molar-refractivity contribution in [1.29, 1.82) is 0 Å². The van der Waals surface area contributed by atoms with Crippen LogP contribution < -0.4 is 10.1 Å². The molecule has 2 N–H and O–H groups in total. The van der Waals surface area contributed by atoms with Crippen molar-refractivity contribution in [3.63, 3.8) is 0 Å². The largest absolute Gasteiger partial charge is 0.494 e. The number of carbonyl (C=O) groups is 1. The van der Waals surface area contributed by atoms with Crippen LogP contribution in [0.2, 0.25) is 0 Å². The summed E-state index contributed by atoms with van der Waals surface area (Å²) in [4.78, 5) is 10.7. The second-order valence-corrected chi connectivity index (χ2v) is 3.78. The minimum absolute atomic E-state index is 0.256. The van der Waals surface area contributed by atoms with E-state index in [0.717, 1.165) is 25.9 Å². The zero-order valence-electron chi connectivity index (χ0n) is 10.1. The topological polar surface area (TPSA) is 58.6 Å². The highest BCUT2D eigenvalue weighted by atomic mass is 16.5. The summed E-state index contributed by atoms with van der Waals surface area (Å²) in [6.45, 7) is 4.67. The van der Waals surface area contributed by atoms with Gasteiger partial charge in [0.1, 0.15) is 5.75 Å². The number of benzene rings is 1. The Hall–Kier alpha value is -1.55. The molecule has 0 unspecified atom stereocenters. The minimum atomic E-state index is -0.930. The fraction of sp³-hybridized carbons (Fsp3) is 0.462. The van der Waals surface area contributed by atoms with Gasteiger partial charge in [-0.05, 0) is 44.1 Å². The fourth-order valence-corrected chi connectivity index (χ4v) is 1.41. The first-order valence-corrected chi connectivity index (χ1v) is 5.91. The molecule has 0 atom stereocenters. The van der Waals surface area contributed by atoms with E-state index in [0.29, 0.717) is 12.4 Å². The second kappa shape index (κ2) is 7.68. The van der Waals surface area contributed by atoms with E-state index >= 15 is 0 Å². The summed E-state index contributed by atoms with van der Waals surface area (Å²) in [7, 11) is 0. The summed E-state index contributed by atoms with van der Waals surface area (Å²) in [6.07, 6.45) is 2.04. The van der Waals surface area contributed by atoms with Crippen LogP contribution in [-0.2, 0) is 0 Å². The minimum Gasteiger partial charge on any atom is -0.494 e. The molecule has 0 aliphatic rings. The molecule has 0 spiro atoms. The standard InChI is InChI=1S/C13H19NO3/c1-2-7-14-8-4-9-17-12-6-3-5-11(10-12)13(15)16/h3,5-6,10,14H,2,4,7-9H2,1H3,(H,15,16). The zero-order chi connectivity index (χ0) is 12.5. The smallest absolute Gasteiger partial charge is 0.335 e. The van der Waals surface area contributed by atoms with E-state index in [1.807, 2.05) is 0 Å². The van der Waals surface area contributed by atoms with E-state index < -0.39 is 5.97 Å². The first-order chi connectivity index (χ1) is 8.24. The molecule has 0 aromatic heterocycles. The molecule has 4 nitrogen and oxygen atoms in total. The summed E-state index contributed by atoms with van der Waals surface area (Å²) in [5.41, 5.74) is 0.256. The maximum absolute atomic E-state index is 10.7. The van der Waals surface area contributed by atoms with Crippen molar-refractivity contribution in [3.8, 4) is 5.75 Å². The number of ether oxygens (including phenoxy) is 1. The van der Waals surface area contributed by atoms with Crippen LogP contribution in [0.25, 0.3) is 0 Å². The Balaban J connectivity index is 2.27. The molecule has 0 saturated carbocycles. The molecule has 1 aromatic carbocycles. The van der Waals surface area contributed by atoms with Crippen molar-refractivity contribution in [2.75, 3.05) is 19.7 Å². The lowest BCUT2D eigenvalue weighted by atomic mass is 10.2. The van der Waals surface area contributed by atoms with Gasteiger partial charge in [-0.25, -0.2) is 4.79 Å². The molecule has 4 heteroatoms. The Morgan fingerprint density at radius 1 is 1.41 bits per heavy atom. The monoisotopic (exact) mass is 237 g/mol. The molecular weight excluding hydrogens is 218 g/mol.